The van der Waals surface area contributed by atoms with Crippen LogP contribution in [-0.4, -0.2) is 18.0 Å². The van der Waals surface area contributed by atoms with Crippen molar-refractivity contribution in [3.05, 3.63) is 51.2 Å². The maximum atomic E-state index is 13.0. The Balaban J connectivity index is 1.66. The summed E-state index contributed by atoms with van der Waals surface area (Å²) >= 11 is 1.35. The monoisotopic (exact) mass is 411 g/mol. The molecule has 2 atom stereocenters. The number of amides is 1. The molecule has 0 saturated heterocycles. The lowest BCUT2D eigenvalue weighted by atomic mass is 9.90. The number of thiophene rings is 1. The van der Waals surface area contributed by atoms with Crippen LogP contribution in [-0.2, 0) is 28.5 Å². The number of esters is 1. The first-order valence-corrected chi connectivity index (χ1v) is 9.76. The first kappa shape index (κ1) is 20.4. The van der Waals surface area contributed by atoms with Crippen LogP contribution in [0.1, 0.15) is 45.9 Å². The number of anilines is 1. The molecular formula is C20H20F3NO3S. The van der Waals surface area contributed by atoms with Crippen LogP contribution >= 0.6 is 11.3 Å². The Kier molecular flexibility index (Phi) is 5.79. The molecular weight excluding hydrogens is 391 g/mol. The molecule has 150 valence electrons. The van der Waals surface area contributed by atoms with Gasteiger partial charge in [-0.2, -0.15) is 13.2 Å². The molecule has 1 aliphatic carbocycles. The van der Waals surface area contributed by atoms with E-state index in [1.54, 1.807) is 6.07 Å². The van der Waals surface area contributed by atoms with Crippen molar-refractivity contribution in [3.8, 4) is 0 Å². The van der Waals surface area contributed by atoms with Crippen LogP contribution in [0, 0.1) is 5.92 Å². The summed E-state index contributed by atoms with van der Waals surface area (Å²) in [5, 5.41) is 2.20. The molecule has 1 aromatic heterocycles. The van der Waals surface area contributed by atoms with Crippen molar-refractivity contribution >= 4 is 28.9 Å². The Bertz CT molecular complexity index is 891. The van der Waals surface area contributed by atoms with E-state index in [2.05, 4.69) is 12.2 Å². The van der Waals surface area contributed by atoms with Crippen molar-refractivity contribution < 1.29 is 27.5 Å². The first-order chi connectivity index (χ1) is 13.1. The highest BCUT2D eigenvalue weighted by molar-refractivity contribution is 7.14. The molecule has 0 spiro atoms. The molecule has 0 saturated carbocycles. The van der Waals surface area contributed by atoms with E-state index in [1.165, 1.54) is 30.4 Å². The van der Waals surface area contributed by atoms with Crippen LogP contribution in [0.2, 0.25) is 0 Å². The lowest BCUT2D eigenvalue weighted by molar-refractivity contribution is -0.137. The van der Waals surface area contributed by atoms with Gasteiger partial charge < -0.3 is 10.1 Å². The number of hydrogen-bond acceptors (Lipinski definition) is 4. The number of carbonyl (C=O) groups excluding carboxylic acids is 2. The summed E-state index contributed by atoms with van der Waals surface area (Å²) in [6.07, 6.45) is -2.94. The van der Waals surface area contributed by atoms with Crippen LogP contribution in [0.3, 0.4) is 0 Å². The number of halogens is 3. The molecule has 0 unspecified atom stereocenters. The molecule has 2 aromatic rings. The standard InChI is InChI=1S/C20H20F3NO3S/c1-11-7-8-16-13(9-11)10-17(28-16)19(26)27-12(2)18(25)24-15-6-4-3-5-14(15)20(21,22)23/h3-6,10-12H,7-9H2,1-2H3,(H,24,25)/t11-,12-/m0/s1. The van der Waals surface area contributed by atoms with E-state index in [0.717, 1.165) is 41.8 Å². The van der Waals surface area contributed by atoms with Gasteiger partial charge in [-0.05, 0) is 55.9 Å². The summed E-state index contributed by atoms with van der Waals surface area (Å²) in [4.78, 5) is 26.2. The van der Waals surface area contributed by atoms with Gasteiger partial charge in [-0.1, -0.05) is 19.1 Å². The minimum absolute atomic E-state index is 0.372. The van der Waals surface area contributed by atoms with Gasteiger partial charge in [-0.25, -0.2) is 4.79 Å². The van der Waals surface area contributed by atoms with Crippen molar-refractivity contribution in [1.29, 1.82) is 0 Å². The fourth-order valence-electron chi connectivity index (χ4n) is 3.15. The van der Waals surface area contributed by atoms with E-state index in [0.29, 0.717) is 10.8 Å². The van der Waals surface area contributed by atoms with Gasteiger partial charge in [-0.3, -0.25) is 4.79 Å². The van der Waals surface area contributed by atoms with Crippen molar-refractivity contribution in [1.82, 2.24) is 0 Å². The van der Waals surface area contributed by atoms with Crippen LogP contribution < -0.4 is 5.32 Å². The Morgan fingerprint density at radius 2 is 2.00 bits per heavy atom. The van der Waals surface area contributed by atoms with Gasteiger partial charge in [0.2, 0.25) is 0 Å². The van der Waals surface area contributed by atoms with Crippen LogP contribution in [0.4, 0.5) is 18.9 Å². The normalized spacial score (nSPS) is 17.5. The molecule has 8 heteroatoms. The molecule has 1 aliphatic rings. The van der Waals surface area contributed by atoms with Crippen molar-refractivity contribution in [2.24, 2.45) is 5.92 Å². The molecule has 0 aliphatic heterocycles. The number of benzene rings is 1. The topological polar surface area (TPSA) is 55.4 Å². The van der Waals surface area contributed by atoms with E-state index in [4.69, 9.17) is 4.74 Å². The number of para-hydroxylation sites is 1. The van der Waals surface area contributed by atoms with Gasteiger partial charge in [0.05, 0.1) is 11.3 Å². The van der Waals surface area contributed by atoms with Gasteiger partial charge in [0.25, 0.3) is 5.91 Å². The van der Waals surface area contributed by atoms with E-state index >= 15 is 0 Å². The molecule has 0 fully saturated rings. The number of ether oxygens (including phenoxy) is 1. The number of carbonyl (C=O) groups is 2. The average molecular weight is 411 g/mol. The highest BCUT2D eigenvalue weighted by atomic mass is 32.1. The van der Waals surface area contributed by atoms with Crippen LogP contribution in [0.15, 0.2) is 30.3 Å². The minimum atomic E-state index is -4.60. The third-order valence-corrected chi connectivity index (χ3v) is 5.89. The van der Waals surface area contributed by atoms with Crippen molar-refractivity contribution in [2.45, 2.75) is 45.4 Å². The number of alkyl halides is 3. The van der Waals surface area contributed by atoms with Crippen LogP contribution in [0.5, 0.6) is 0 Å². The minimum Gasteiger partial charge on any atom is -0.448 e. The van der Waals surface area contributed by atoms with Crippen molar-refractivity contribution in [3.63, 3.8) is 0 Å². The SMILES string of the molecule is C[C@H]1CCc2sc(C(=O)O[C@@H](C)C(=O)Nc3ccccc3C(F)(F)F)cc2C1. The zero-order valence-electron chi connectivity index (χ0n) is 15.4. The summed E-state index contributed by atoms with van der Waals surface area (Å²) in [6, 6.07) is 6.45. The third-order valence-electron chi connectivity index (χ3n) is 4.67. The summed E-state index contributed by atoms with van der Waals surface area (Å²) in [5.41, 5.74) is -0.197. The summed E-state index contributed by atoms with van der Waals surface area (Å²) in [7, 11) is 0. The predicted octanol–water partition coefficient (Wildman–Crippen LogP) is 5.08. The van der Waals surface area contributed by atoms with E-state index in [9.17, 15) is 22.8 Å². The van der Waals surface area contributed by atoms with Crippen LogP contribution in [0.25, 0.3) is 0 Å². The molecule has 0 bridgehead atoms. The lowest BCUT2D eigenvalue weighted by Gasteiger charge is -2.16. The smallest absolute Gasteiger partial charge is 0.418 e. The summed E-state index contributed by atoms with van der Waals surface area (Å²) < 4.78 is 44.3. The number of nitrogens with one attached hydrogen (secondary N) is 1. The Labute approximate surface area is 164 Å². The number of hydrogen-bond donors (Lipinski definition) is 1. The number of fused-ring (bicyclic) bond motifs is 1. The van der Waals surface area contributed by atoms with Gasteiger partial charge in [0.1, 0.15) is 4.88 Å². The number of rotatable bonds is 4. The Morgan fingerprint density at radius 3 is 2.71 bits per heavy atom. The summed E-state index contributed by atoms with van der Waals surface area (Å²) in [5.74, 6) is -0.900. The Morgan fingerprint density at radius 1 is 1.29 bits per heavy atom. The molecule has 1 amide bonds. The fourth-order valence-corrected chi connectivity index (χ4v) is 4.24. The number of aryl methyl sites for hydroxylation is 1. The summed E-state index contributed by atoms with van der Waals surface area (Å²) in [6.45, 7) is 3.49. The van der Waals surface area contributed by atoms with Gasteiger partial charge in [0, 0.05) is 4.88 Å². The first-order valence-electron chi connectivity index (χ1n) is 8.94. The van der Waals surface area contributed by atoms with E-state index in [-0.39, 0.29) is 5.69 Å². The van der Waals surface area contributed by atoms with Gasteiger partial charge in [0.15, 0.2) is 6.10 Å². The molecule has 28 heavy (non-hydrogen) atoms. The highest BCUT2D eigenvalue weighted by Gasteiger charge is 2.34. The second-order valence-electron chi connectivity index (χ2n) is 6.99. The molecule has 1 aromatic carbocycles. The van der Waals surface area contributed by atoms with Crippen molar-refractivity contribution in [2.75, 3.05) is 5.32 Å². The largest absolute Gasteiger partial charge is 0.448 e. The lowest BCUT2D eigenvalue weighted by Crippen LogP contribution is -2.30. The zero-order valence-corrected chi connectivity index (χ0v) is 16.2. The second-order valence-corrected chi connectivity index (χ2v) is 8.12. The highest BCUT2D eigenvalue weighted by Crippen LogP contribution is 2.35. The average Bonchev–Trinajstić information content (AvgIpc) is 3.04. The van der Waals surface area contributed by atoms with E-state index < -0.39 is 29.7 Å². The Hall–Kier alpha value is -2.35. The fraction of sp³-hybridized carbons (Fsp3) is 0.400. The molecule has 1 heterocycles. The maximum absolute atomic E-state index is 13.0. The quantitative estimate of drug-likeness (QED) is 0.714. The maximum Gasteiger partial charge on any atom is 0.418 e. The van der Waals surface area contributed by atoms with Gasteiger partial charge in [-0.15, -0.1) is 11.3 Å². The zero-order chi connectivity index (χ0) is 20.5. The molecule has 4 nitrogen and oxygen atoms in total. The predicted molar refractivity (Wildman–Crippen MR) is 100 cm³/mol. The van der Waals surface area contributed by atoms with E-state index in [1.807, 2.05) is 0 Å². The molecule has 3 rings (SSSR count). The molecule has 1 N–H and O–H groups in total. The van der Waals surface area contributed by atoms with Gasteiger partial charge >= 0.3 is 12.1 Å². The molecule has 0 radical (unpaired) electrons. The second kappa shape index (κ2) is 7.95. The third kappa shape index (κ3) is 4.55.